The fourth-order valence-corrected chi connectivity index (χ4v) is 4.77. The number of amides is 1. The van der Waals surface area contributed by atoms with Gasteiger partial charge in [0.2, 0.25) is 5.89 Å². The van der Waals surface area contributed by atoms with E-state index >= 15 is 0 Å². The van der Waals surface area contributed by atoms with Crippen molar-refractivity contribution in [3.8, 4) is 11.4 Å². The van der Waals surface area contributed by atoms with Gasteiger partial charge in [0.25, 0.3) is 5.91 Å². The van der Waals surface area contributed by atoms with Crippen molar-refractivity contribution in [3.63, 3.8) is 0 Å². The number of carbonyl (C=O) groups excluding carboxylic acids is 1. The second-order valence-electron chi connectivity index (χ2n) is 12.5. The van der Waals surface area contributed by atoms with Crippen molar-refractivity contribution in [2.75, 3.05) is 19.4 Å². The third-order valence-electron chi connectivity index (χ3n) is 6.03. The monoisotopic (exact) mass is 752 g/mol. The van der Waals surface area contributed by atoms with Gasteiger partial charge >= 0.3 is 19.3 Å². The van der Waals surface area contributed by atoms with Crippen LogP contribution in [0.4, 0.5) is 0 Å². The Bertz CT molecular complexity index is 1680. The normalized spacial score (nSPS) is 14.3. The highest BCUT2D eigenvalue weighted by molar-refractivity contribution is 7.51. The van der Waals surface area contributed by atoms with E-state index in [0.29, 0.717) is 40.5 Å². The van der Waals surface area contributed by atoms with E-state index in [1.807, 2.05) is 72.7 Å². The van der Waals surface area contributed by atoms with Crippen molar-refractivity contribution in [3.05, 3.63) is 73.5 Å². The molecule has 3 aromatic rings. The lowest BCUT2D eigenvalue weighted by molar-refractivity contribution is -0.165. The molecule has 0 unspecified atom stereocenters. The van der Waals surface area contributed by atoms with Crippen LogP contribution in [-0.4, -0.2) is 67.2 Å². The maximum atomic E-state index is 12.1. The first kappa shape index (κ1) is 41.2. The van der Waals surface area contributed by atoms with E-state index in [1.165, 1.54) is 11.1 Å². The summed E-state index contributed by atoms with van der Waals surface area (Å²) in [5.74, 6) is -0.983. The van der Waals surface area contributed by atoms with Gasteiger partial charge in [-0.25, -0.2) is 9.86 Å². The molecule has 1 saturated heterocycles. The third-order valence-corrected chi connectivity index (χ3v) is 7.64. The average molecular weight is 754 g/mol. The summed E-state index contributed by atoms with van der Waals surface area (Å²) in [5, 5.41) is 17.0. The van der Waals surface area contributed by atoms with E-state index in [4.69, 9.17) is 63.7 Å². The highest BCUT2D eigenvalue weighted by Gasteiger charge is 2.40. The maximum Gasteiger partial charge on any atom is 0.442 e. The van der Waals surface area contributed by atoms with Gasteiger partial charge in [-0.05, 0) is 45.4 Å². The van der Waals surface area contributed by atoms with Crippen LogP contribution >= 0.6 is 42.4 Å². The SMILES string of the molecule is CC(C)Oc1cc(-n2nc(C(C)(C)C)oc2=O)c(Cl)cc1Cl.CC1(C)CON(Cc2ccccc2Cl)C1=O.O=C(O)CNCP(=O)(O)O. The van der Waals surface area contributed by atoms with E-state index in [9.17, 15) is 18.9 Å². The van der Waals surface area contributed by atoms with Crippen LogP contribution in [-0.2, 0) is 31.0 Å². The summed E-state index contributed by atoms with van der Waals surface area (Å²) in [5.41, 5.74) is 0.447. The average Bonchev–Trinajstić information content (AvgIpc) is 3.45. The van der Waals surface area contributed by atoms with Crippen LogP contribution in [0, 0.1) is 5.41 Å². The maximum absolute atomic E-state index is 12.1. The van der Waals surface area contributed by atoms with Gasteiger partial charge in [0.15, 0.2) is 0 Å². The van der Waals surface area contributed by atoms with E-state index in [0.717, 1.165) is 10.2 Å². The molecule has 0 spiro atoms. The number of carbonyl (C=O) groups is 2. The highest BCUT2D eigenvalue weighted by Crippen LogP contribution is 2.34. The standard InChI is InChI=1S/C15H18Cl2N2O3.C12H14ClNO2.C3H8NO5P/c1-8(2)21-12-7-11(9(16)6-10(12)17)19-14(20)22-13(18-19)15(3,4)5;1-12(2)8-16-14(11(12)15)7-9-5-3-4-6-10(9)13;5-3(6)1-4-2-10(7,8)9/h6-8H,1-5H3;3-6H,7-8H2,1-2H3;4H,1-2H2,(H,5,6)(H2,7,8,9). The van der Waals surface area contributed by atoms with Gasteiger partial charge in [0.1, 0.15) is 5.75 Å². The second kappa shape index (κ2) is 17.1. The molecule has 0 saturated carbocycles. The van der Waals surface area contributed by atoms with Gasteiger partial charge in [-0.2, -0.15) is 4.68 Å². The molecule has 0 bridgehead atoms. The molecule has 14 nitrogen and oxygen atoms in total. The summed E-state index contributed by atoms with van der Waals surface area (Å²) >= 11 is 18.3. The summed E-state index contributed by atoms with van der Waals surface area (Å²) in [6.07, 6.45) is -0.662. The zero-order valence-corrected chi connectivity index (χ0v) is 30.7. The number of hydrogen-bond acceptors (Lipinski definition) is 9. The number of nitrogens with one attached hydrogen (secondary N) is 1. The van der Waals surface area contributed by atoms with Crippen molar-refractivity contribution >= 4 is 54.3 Å². The van der Waals surface area contributed by atoms with E-state index in [1.54, 1.807) is 6.07 Å². The van der Waals surface area contributed by atoms with Crippen LogP contribution in [0.1, 0.15) is 59.9 Å². The van der Waals surface area contributed by atoms with Crippen molar-refractivity contribution in [1.29, 1.82) is 0 Å². The first-order valence-corrected chi connectivity index (χ1v) is 17.4. The predicted octanol–water partition coefficient (Wildman–Crippen LogP) is 5.65. The van der Waals surface area contributed by atoms with Crippen LogP contribution in [0.5, 0.6) is 5.75 Å². The van der Waals surface area contributed by atoms with Crippen LogP contribution in [0.2, 0.25) is 15.1 Å². The van der Waals surface area contributed by atoms with Gasteiger partial charge in [-0.1, -0.05) is 73.8 Å². The molecule has 1 amide bonds. The molecule has 4 rings (SSSR count). The third kappa shape index (κ3) is 12.8. The molecule has 0 atom stereocenters. The Morgan fingerprint density at radius 1 is 1.10 bits per heavy atom. The molecule has 1 aromatic heterocycles. The smallest absolute Gasteiger partial charge is 0.442 e. The van der Waals surface area contributed by atoms with Crippen LogP contribution in [0.25, 0.3) is 5.69 Å². The predicted molar refractivity (Wildman–Crippen MR) is 181 cm³/mol. The van der Waals surface area contributed by atoms with Gasteiger partial charge in [0.05, 0.1) is 53.2 Å². The molecular formula is C30H40Cl3N4O10P. The number of aromatic nitrogens is 2. The first-order valence-electron chi connectivity index (χ1n) is 14.4. The topological polar surface area (TPSA) is 194 Å². The molecule has 2 heterocycles. The quantitative estimate of drug-likeness (QED) is 0.197. The summed E-state index contributed by atoms with van der Waals surface area (Å²) < 4.78 is 22.0. The molecule has 266 valence electrons. The summed E-state index contributed by atoms with van der Waals surface area (Å²) in [6, 6.07) is 10.6. The molecule has 18 heteroatoms. The Morgan fingerprint density at radius 3 is 2.21 bits per heavy atom. The number of halogens is 3. The van der Waals surface area contributed by atoms with E-state index in [2.05, 4.69) is 10.4 Å². The summed E-state index contributed by atoms with van der Waals surface area (Å²) in [6.45, 7) is 13.6. The van der Waals surface area contributed by atoms with E-state index in [-0.39, 0.29) is 22.4 Å². The van der Waals surface area contributed by atoms with Crippen molar-refractivity contribution in [2.24, 2.45) is 5.41 Å². The van der Waals surface area contributed by atoms with Gasteiger partial charge in [-0.3, -0.25) is 24.3 Å². The second-order valence-corrected chi connectivity index (χ2v) is 15.3. The van der Waals surface area contributed by atoms with Crippen LogP contribution < -0.4 is 15.8 Å². The number of hydrogen-bond donors (Lipinski definition) is 4. The molecule has 1 fully saturated rings. The van der Waals surface area contributed by atoms with E-state index < -0.39 is 37.6 Å². The number of carboxylic acids is 1. The Morgan fingerprint density at radius 2 is 1.73 bits per heavy atom. The lowest BCUT2D eigenvalue weighted by atomic mass is 9.95. The number of aliphatic carboxylic acids is 1. The number of benzene rings is 2. The number of carboxylic acid groups (broad SMARTS) is 1. The molecule has 0 aliphatic carbocycles. The zero-order valence-electron chi connectivity index (χ0n) is 27.5. The molecule has 4 N–H and O–H groups in total. The minimum atomic E-state index is -4.10. The molecule has 2 aromatic carbocycles. The van der Waals surface area contributed by atoms with Crippen molar-refractivity contribution in [2.45, 2.75) is 66.5 Å². The lowest BCUT2D eigenvalue weighted by Gasteiger charge is -2.16. The van der Waals surface area contributed by atoms with Gasteiger partial charge in [0, 0.05) is 16.5 Å². The lowest BCUT2D eigenvalue weighted by Crippen LogP contribution is -2.30. The molecule has 1 aliphatic heterocycles. The Balaban J connectivity index is 0.000000270. The number of hydroxylamine groups is 2. The fraction of sp³-hybridized carbons (Fsp3) is 0.467. The fourth-order valence-electron chi connectivity index (χ4n) is 3.66. The largest absolute Gasteiger partial charge is 0.489 e. The number of ether oxygens (including phenoxy) is 1. The molecular weight excluding hydrogens is 714 g/mol. The Labute approximate surface area is 293 Å². The Kier molecular flexibility index (Phi) is 14.7. The van der Waals surface area contributed by atoms with Crippen LogP contribution in [0.15, 0.2) is 45.6 Å². The van der Waals surface area contributed by atoms with Gasteiger partial charge < -0.3 is 24.0 Å². The molecule has 0 radical (unpaired) electrons. The minimum absolute atomic E-state index is 0.00687. The minimum Gasteiger partial charge on any atom is -0.489 e. The molecule has 48 heavy (non-hydrogen) atoms. The van der Waals surface area contributed by atoms with Crippen molar-refractivity contribution in [1.82, 2.24) is 20.2 Å². The van der Waals surface area contributed by atoms with Crippen LogP contribution in [0.3, 0.4) is 0 Å². The first-order chi connectivity index (χ1) is 22.0. The van der Waals surface area contributed by atoms with Crippen molar-refractivity contribution < 1.29 is 43.0 Å². The Hall–Kier alpha value is -2.94. The summed E-state index contributed by atoms with van der Waals surface area (Å²) in [4.78, 5) is 55.5. The van der Waals surface area contributed by atoms with Gasteiger partial charge in [-0.15, -0.1) is 5.10 Å². The summed E-state index contributed by atoms with van der Waals surface area (Å²) in [7, 11) is -4.10. The number of nitrogens with zero attached hydrogens (tertiary/aromatic N) is 3. The number of rotatable bonds is 9. The highest BCUT2D eigenvalue weighted by atomic mass is 35.5. The zero-order chi connectivity index (χ0) is 36.6. The molecule has 1 aliphatic rings.